The van der Waals surface area contributed by atoms with Crippen molar-refractivity contribution in [2.24, 2.45) is 5.92 Å². The van der Waals surface area contributed by atoms with Gasteiger partial charge in [0.2, 0.25) is 0 Å². The lowest BCUT2D eigenvalue weighted by Crippen LogP contribution is -2.45. The molecule has 28 heavy (non-hydrogen) atoms. The van der Waals surface area contributed by atoms with Crippen LogP contribution in [-0.2, 0) is 27.2 Å². The molecule has 2 aromatic rings. The average Bonchev–Trinajstić information content (AvgIpc) is 3.35. The number of fused-ring (bicyclic) bond motifs is 1. The van der Waals surface area contributed by atoms with E-state index in [0.29, 0.717) is 5.69 Å². The van der Waals surface area contributed by atoms with Crippen LogP contribution in [0.1, 0.15) is 41.9 Å². The lowest BCUT2D eigenvalue weighted by Gasteiger charge is -2.20. The van der Waals surface area contributed by atoms with Gasteiger partial charge in [0.1, 0.15) is 6.04 Å². The molecule has 0 saturated carbocycles. The molecule has 0 aliphatic heterocycles. The zero-order valence-electron chi connectivity index (χ0n) is 16.0. The first-order valence-electron chi connectivity index (χ1n) is 9.36. The van der Waals surface area contributed by atoms with Crippen molar-refractivity contribution < 1.29 is 23.5 Å². The Morgan fingerprint density at radius 2 is 1.93 bits per heavy atom. The van der Waals surface area contributed by atoms with Crippen LogP contribution in [-0.4, -0.2) is 30.4 Å². The van der Waals surface area contributed by atoms with Crippen LogP contribution in [0.3, 0.4) is 0 Å². The van der Waals surface area contributed by atoms with E-state index in [0.717, 1.165) is 19.3 Å². The maximum Gasteiger partial charge on any atom is 0.329 e. The Bertz CT molecular complexity index is 858. The summed E-state index contributed by atoms with van der Waals surface area (Å²) in [5.41, 5.74) is 3.25. The van der Waals surface area contributed by atoms with Crippen molar-refractivity contribution >= 4 is 23.5 Å². The van der Waals surface area contributed by atoms with Crippen LogP contribution < -0.4 is 10.6 Å². The van der Waals surface area contributed by atoms with Crippen molar-refractivity contribution in [3.05, 3.63) is 53.5 Å². The number of amides is 2. The molecule has 2 N–H and O–H groups in total. The molecular weight excluding hydrogens is 360 g/mol. The predicted molar refractivity (Wildman–Crippen MR) is 103 cm³/mol. The molecule has 1 unspecified atom stereocenters. The van der Waals surface area contributed by atoms with Gasteiger partial charge in [-0.2, -0.15) is 0 Å². The Labute approximate surface area is 163 Å². The summed E-state index contributed by atoms with van der Waals surface area (Å²) in [5, 5.41) is 5.32. The van der Waals surface area contributed by atoms with Gasteiger partial charge in [0, 0.05) is 5.69 Å². The smallest absolute Gasteiger partial charge is 0.329 e. The fourth-order valence-electron chi connectivity index (χ4n) is 3.19. The normalized spacial score (nSPS) is 13.7. The van der Waals surface area contributed by atoms with Crippen molar-refractivity contribution in [1.29, 1.82) is 0 Å². The molecule has 0 saturated heterocycles. The van der Waals surface area contributed by atoms with E-state index < -0.39 is 30.4 Å². The molecular formula is C21H24N2O5. The summed E-state index contributed by atoms with van der Waals surface area (Å²) in [6, 6.07) is 8.03. The van der Waals surface area contributed by atoms with Gasteiger partial charge in [-0.15, -0.1) is 0 Å². The quantitative estimate of drug-likeness (QED) is 0.716. The molecule has 1 aliphatic rings. The number of carbonyl (C=O) groups is 3. The highest BCUT2D eigenvalue weighted by atomic mass is 16.5. The summed E-state index contributed by atoms with van der Waals surface area (Å²) < 4.78 is 10.1. The molecule has 0 radical (unpaired) electrons. The van der Waals surface area contributed by atoms with Gasteiger partial charge in [0.25, 0.3) is 11.8 Å². The Morgan fingerprint density at radius 1 is 1.14 bits per heavy atom. The van der Waals surface area contributed by atoms with E-state index in [9.17, 15) is 14.4 Å². The van der Waals surface area contributed by atoms with E-state index in [1.54, 1.807) is 19.9 Å². The first kappa shape index (κ1) is 19.7. The van der Waals surface area contributed by atoms with E-state index in [1.165, 1.54) is 23.5 Å². The van der Waals surface area contributed by atoms with Crippen molar-refractivity contribution in [1.82, 2.24) is 5.32 Å². The number of aryl methyl sites for hydroxylation is 2. The third-order valence-electron chi connectivity index (χ3n) is 4.68. The number of ether oxygens (including phenoxy) is 1. The number of benzene rings is 1. The summed E-state index contributed by atoms with van der Waals surface area (Å²) >= 11 is 0. The fourth-order valence-corrected chi connectivity index (χ4v) is 3.19. The number of anilines is 1. The standard InChI is InChI=1S/C21H24N2O5/c1-13(2)19(23-20(25)17-7-4-10-27-17)21(26)28-12-18(24)22-16-9-8-14-5-3-6-15(14)11-16/h4,7-11,13,19H,3,5-6,12H2,1-2H3,(H,22,24)(H,23,25). The topological polar surface area (TPSA) is 97.6 Å². The lowest BCUT2D eigenvalue weighted by molar-refractivity contribution is -0.150. The molecule has 1 aliphatic carbocycles. The summed E-state index contributed by atoms with van der Waals surface area (Å²) in [6.07, 6.45) is 4.59. The van der Waals surface area contributed by atoms with Gasteiger partial charge in [-0.1, -0.05) is 19.9 Å². The second-order valence-corrected chi connectivity index (χ2v) is 7.17. The van der Waals surface area contributed by atoms with E-state index in [2.05, 4.69) is 10.6 Å². The third kappa shape index (κ3) is 4.79. The molecule has 3 rings (SSSR count). The van der Waals surface area contributed by atoms with E-state index in [-0.39, 0.29) is 11.7 Å². The summed E-state index contributed by atoms with van der Waals surface area (Å²) in [6.45, 7) is 3.13. The summed E-state index contributed by atoms with van der Waals surface area (Å²) in [5.74, 6) is -1.72. The molecule has 0 spiro atoms. The van der Waals surface area contributed by atoms with Crippen LogP contribution in [0.2, 0.25) is 0 Å². The second kappa shape index (κ2) is 8.73. The molecule has 2 amide bonds. The Morgan fingerprint density at radius 3 is 2.64 bits per heavy atom. The Balaban J connectivity index is 1.52. The first-order valence-corrected chi connectivity index (χ1v) is 9.36. The highest BCUT2D eigenvalue weighted by Crippen LogP contribution is 2.24. The second-order valence-electron chi connectivity index (χ2n) is 7.17. The molecule has 1 heterocycles. The van der Waals surface area contributed by atoms with Gasteiger partial charge in [0.05, 0.1) is 6.26 Å². The van der Waals surface area contributed by atoms with Crippen molar-refractivity contribution in [2.45, 2.75) is 39.2 Å². The van der Waals surface area contributed by atoms with E-state index >= 15 is 0 Å². The minimum atomic E-state index is -0.884. The van der Waals surface area contributed by atoms with Crippen molar-refractivity contribution in [2.75, 3.05) is 11.9 Å². The third-order valence-corrected chi connectivity index (χ3v) is 4.68. The highest BCUT2D eigenvalue weighted by molar-refractivity contribution is 5.96. The van der Waals surface area contributed by atoms with Gasteiger partial charge >= 0.3 is 5.97 Å². The van der Waals surface area contributed by atoms with Crippen molar-refractivity contribution in [3.8, 4) is 0 Å². The number of hydrogen-bond acceptors (Lipinski definition) is 5. The Kier molecular flexibility index (Phi) is 6.13. The monoisotopic (exact) mass is 384 g/mol. The molecule has 7 nitrogen and oxygen atoms in total. The summed E-state index contributed by atoms with van der Waals surface area (Å²) in [7, 11) is 0. The van der Waals surface area contributed by atoms with Gasteiger partial charge in [-0.05, 0) is 60.6 Å². The maximum atomic E-state index is 12.4. The largest absolute Gasteiger partial charge is 0.459 e. The fraction of sp³-hybridized carbons (Fsp3) is 0.381. The molecule has 1 aromatic heterocycles. The van der Waals surface area contributed by atoms with Gasteiger partial charge in [0.15, 0.2) is 12.4 Å². The number of esters is 1. The Hall–Kier alpha value is -3.09. The molecule has 0 fully saturated rings. The van der Waals surface area contributed by atoms with E-state index in [1.807, 2.05) is 18.2 Å². The maximum absolute atomic E-state index is 12.4. The lowest BCUT2D eigenvalue weighted by atomic mass is 10.0. The van der Waals surface area contributed by atoms with Gasteiger partial charge in [-0.3, -0.25) is 9.59 Å². The van der Waals surface area contributed by atoms with Gasteiger partial charge < -0.3 is 19.8 Å². The zero-order chi connectivity index (χ0) is 20.1. The van der Waals surface area contributed by atoms with Crippen LogP contribution in [0.15, 0.2) is 41.0 Å². The predicted octanol–water partition coefficient (Wildman–Crippen LogP) is 2.70. The number of rotatable bonds is 7. The first-order chi connectivity index (χ1) is 13.4. The van der Waals surface area contributed by atoms with Crippen LogP contribution in [0, 0.1) is 5.92 Å². The van der Waals surface area contributed by atoms with Gasteiger partial charge in [-0.25, -0.2) is 4.79 Å². The molecule has 7 heteroatoms. The molecule has 0 bridgehead atoms. The number of furan rings is 1. The van der Waals surface area contributed by atoms with E-state index in [4.69, 9.17) is 9.15 Å². The highest BCUT2D eigenvalue weighted by Gasteiger charge is 2.27. The minimum Gasteiger partial charge on any atom is -0.459 e. The van der Waals surface area contributed by atoms with Crippen LogP contribution >= 0.6 is 0 Å². The number of nitrogens with one attached hydrogen (secondary N) is 2. The average molecular weight is 384 g/mol. The molecule has 1 aromatic carbocycles. The number of hydrogen-bond donors (Lipinski definition) is 2. The van der Waals surface area contributed by atoms with Crippen LogP contribution in [0.25, 0.3) is 0 Å². The SMILES string of the molecule is CC(C)C(NC(=O)c1ccco1)C(=O)OCC(=O)Nc1ccc2c(c1)CCC2. The molecule has 148 valence electrons. The van der Waals surface area contributed by atoms with Crippen molar-refractivity contribution in [3.63, 3.8) is 0 Å². The van der Waals surface area contributed by atoms with Crippen LogP contribution in [0.4, 0.5) is 5.69 Å². The zero-order valence-corrected chi connectivity index (χ0v) is 16.0. The summed E-state index contributed by atoms with van der Waals surface area (Å²) in [4.78, 5) is 36.6. The van der Waals surface area contributed by atoms with Crippen LogP contribution in [0.5, 0.6) is 0 Å². The molecule has 1 atom stereocenters. The number of carbonyl (C=O) groups excluding carboxylic acids is 3. The minimum absolute atomic E-state index is 0.104.